The number of fused-ring (bicyclic) bond motifs is 4. The zero-order valence-electron chi connectivity index (χ0n) is 25.4. The molecule has 9 nitrogen and oxygen atoms in total. The maximum Gasteiger partial charge on any atom is 0.253 e. The fourth-order valence-corrected chi connectivity index (χ4v) is 10.1. The number of imide groups is 2. The highest BCUT2D eigenvalue weighted by Gasteiger charge is 2.76. The Morgan fingerprint density at radius 2 is 1.70 bits per heavy atom. The summed E-state index contributed by atoms with van der Waals surface area (Å²) in [5.74, 6) is -4.55. The van der Waals surface area contributed by atoms with E-state index < -0.39 is 45.2 Å². The highest BCUT2D eigenvalue weighted by atomic mass is 79.9. The number of ether oxygens (including phenoxy) is 1. The van der Waals surface area contributed by atoms with Crippen molar-refractivity contribution in [3.05, 3.63) is 69.7 Å². The summed E-state index contributed by atoms with van der Waals surface area (Å²) in [6.45, 7) is 2.34. The Morgan fingerprint density at radius 1 is 1.00 bits per heavy atom. The molecule has 0 radical (unpaired) electrons. The van der Waals surface area contributed by atoms with Crippen LogP contribution < -0.4 is 4.74 Å². The second-order valence-corrected chi connectivity index (χ2v) is 15.2. The third-order valence-electron chi connectivity index (χ3n) is 10.8. The number of piperidine rings is 1. The van der Waals surface area contributed by atoms with Gasteiger partial charge in [-0.1, -0.05) is 42.0 Å². The molecule has 2 aromatic carbocycles. The summed E-state index contributed by atoms with van der Waals surface area (Å²) in [5, 5.41) is 10.6. The number of benzene rings is 2. The topological polar surface area (TPSA) is 107 Å². The van der Waals surface area contributed by atoms with Gasteiger partial charge in [-0.25, -0.2) is 0 Å². The minimum atomic E-state index is -1.91. The molecule has 1 saturated carbocycles. The van der Waals surface area contributed by atoms with Crippen molar-refractivity contribution >= 4 is 62.8 Å². The zero-order chi connectivity index (χ0) is 32.7. The maximum absolute atomic E-state index is 14.4. The summed E-state index contributed by atoms with van der Waals surface area (Å²) in [6, 6.07) is 13.2. The monoisotopic (exact) mass is 729 g/mol. The van der Waals surface area contributed by atoms with Gasteiger partial charge in [-0.05, 0) is 70.8 Å². The fourth-order valence-electron chi connectivity index (χ4n) is 8.60. The SMILES string of the molecule is COc1cc([C@H]2C3=CC[C@@H]4C(=O)N(C5CCN(Cc6ccccc6)CC5)C(=O)[C@@H]4[C@@H]3C[C@@]3(Cl)C(=O)N(C)C(=O)[C@@]23Cl)cc(Br)c1O. The van der Waals surface area contributed by atoms with E-state index in [0.29, 0.717) is 34.9 Å². The van der Waals surface area contributed by atoms with Gasteiger partial charge in [-0.3, -0.25) is 33.9 Å². The lowest BCUT2D eigenvalue weighted by Gasteiger charge is -2.50. The summed E-state index contributed by atoms with van der Waals surface area (Å²) in [5.41, 5.74) is 2.41. The highest BCUT2D eigenvalue weighted by molar-refractivity contribution is 9.10. The number of nitrogens with zero attached hydrogens (tertiary/aromatic N) is 3. The standard InChI is InChI=1S/C34H34BrCl2N3O6/c1-38-31(44)33(36)16-23-21(27(34(33,37)32(38)45)19-14-24(35)28(41)25(15-19)46-2)8-9-22-26(23)30(43)40(29(22)42)20-10-12-39(13-11-20)17-18-6-4-3-5-7-18/h3-8,14-15,20,22-23,26-27,41H,9-13,16-17H2,1-2H3/t22-,23+,26-,27-,33+,34-/m0/s1. The van der Waals surface area contributed by atoms with Gasteiger partial charge in [0.25, 0.3) is 11.8 Å². The molecule has 6 atom stereocenters. The second kappa shape index (κ2) is 11.4. The van der Waals surface area contributed by atoms with Crippen molar-refractivity contribution in [2.45, 2.75) is 53.9 Å². The number of hydrogen-bond donors (Lipinski definition) is 1. The molecular formula is C34H34BrCl2N3O6. The molecule has 7 rings (SSSR count). The first kappa shape index (κ1) is 31.7. The Labute approximate surface area is 285 Å². The van der Waals surface area contributed by atoms with Crippen molar-refractivity contribution in [3.8, 4) is 11.5 Å². The average molecular weight is 731 g/mol. The van der Waals surface area contributed by atoms with E-state index in [-0.39, 0.29) is 35.8 Å². The van der Waals surface area contributed by atoms with E-state index in [1.807, 2.05) is 24.3 Å². The summed E-state index contributed by atoms with van der Waals surface area (Å²) in [4.78, 5) is 56.9. The van der Waals surface area contributed by atoms with Gasteiger partial charge in [0.05, 0.1) is 23.4 Å². The fraction of sp³-hybridized carbons (Fsp3) is 0.471. The number of amides is 4. The Balaban J connectivity index is 1.23. The van der Waals surface area contributed by atoms with Crippen molar-refractivity contribution < 1.29 is 29.0 Å². The van der Waals surface area contributed by atoms with Crippen LogP contribution in [0.1, 0.15) is 42.7 Å². The first-order valence-electron chi connectivity index (χ1n) is 15.5. The van der Waals surface area contributed by atoms with Crippen LogP contribution in [-0.4, -0.2) is 86.5 Å². The number of methoxy groups -OCH3 is 1. The molecule has 4 fully saturated rings. The number of rotatable bonds is 5. The minimum absolute atomic E-state index is 0.0603. The molecule has 3 aliphatic heterocycles. The summed E-state index contributed by atoms with van der Waals surface area (Å²) in [6.07, 6.45) is 3.52. The molecule has 0 unspecified atom stereocenters. The first-order chi connectivity index (χ1) is 21.9. The van der Waals surface area contributed by atoms with Crippen molar-refractivity contribution in [3.63, 3.8) is 0 Å². The number of halogens is 3. The number of hydrogen-bond acceptors (Lipinski definition) is 7. The van der Waals surface area contributed by atoms with Gasteiger partial charge in [0.2, 0.25) is 11.8 Å². The molecule has 242 valence electrons. The van der Waals surface area contributed by atoms with E-state index in [0.717, 1.165) is 24.5 Å². The predicted octanol–water partition coefficient (Wildman–Crippen LogP) is 4.82. The molecule has 5 aliphatic rings. The summed E-state index contributed by atoms with van der Waals surface area (Å²) >= 11 is 17.9. The lowest BCUT2D eigenvalue weighted by Crippen LogP contribution is -2.60. The molecular weight excluding hydrogens is 697 g/mol. The largest absolute Gasteiger partial charge is 0.503 e. The lowest BCUT2D eigenvalue weighted by molar-refractivity contribution is -0.144. The zero-order valence-corrected chi connectivity index (χ0v) is 28.5. The average Bonchev–Trinajstić information content (AvgIpc) is 3.38. The molecule has 2 aliphatic carbocycles. The Kier molecular flexibility index (Phi) is 7.82. The van der Waals surface area contributed by atoms with Crippen LogP contribution in [0.15, 0.2) is 58.6 Å². The Hall–Kier alpha value is -2.92. The van der Waals surface area contributed by atoms with Crippen molar-refractivity contribution in [1.29, 1.82) is 0 Å². The van der Waals surface area contributed by atoms with E-state index in [9.17, 15) is 24.3 Å². The number of phenols is 1. The molecule has 0 spiro atoms. The molecule has 3 heterocycles. The van der Waals surface area contributed by atoms with Crippen molar-refractivity contribution in [2.24, 2.45) is 17.8 Å². The van der Waals surface area contributed by atoms with Crippen LogP contribution in [0.25, 0.3) is 0 Å². The van der Waals surface area contributed by atoms with Gasteiger partial charge in [0.15, 0.2) is 21.2 Å². The van der Waals surface area contributed by atoms with Gasteiger partial charge in [-0.15, -0.1) is 23.2 Å². The van der Waals surface area contributed by atoms with Crippen molar-refractivity contribution in [2.75, 3.05) is 27.2 Å². The number of carbonyl (C=O) groups excluding carboxylic acids is 4. The van der Waals surface area contributed by atoms with Crippen molar-refractivity contribution in [1.82, 2.24) is 14.7 Å². The highest BCUT2D eigenvalue weighted by Crippen LogP contribution is 2.65. The van der Waals surface area contributed by atoms with Gasteiger partial charge < -0.3 is 9.84 Å². The van der Waals surface area contributed by atoms with Crippen LogP contribution in [0.4, 0.5) is 0 Å². The lowest BCUT2D eigenvalue weighted by atomic mass is 9.56. The van der Waals surface area contributed by atoms with Gasteiger partial charge in [0, 0.05) is 38.6 Å². The third kappa shape index (κ3) is 4.43. The van der Waals surface area contributed by atoms with Crippen LogP contribution in [0.5, 0.6) is 11.5 Å². The summed E-state index contributed by atoms with van der Waals surface area (Å²) < 4.78 is 5.71. The number of likely N-dealkylation sites (tertiary alicyclic amines) is 3. The normalized spacial score (nSPS) is 33.2. The summed E-state index contributed by atoms with van der Waals surface area (Å²) in [7, 11) is 2.77. The maximum atomic E-state index is 14.4. The van der Waals surface area contributed by atoms with Crippen LogP contribution in [0.3, 0.4) is 0 Å². The number of allylic oxidation sites excluding steroid dienone is 2. The third-order valence-corrected chi connectivity index (χ3v) is 12.8. The van der Waals surface area contributed by atoms with Crippen LogP contribution in [0, 0.1) is 17.8 Å². The van der Waals surface area contributed by atoms with E-state index in [1.165, 1.54) is 24.6 Å². The smallest absolute Gasteiger partial charge is 0.253 e. The molecule has 4 amide bonds. The molecule has 0 aromatic heterocycles. The quantitative estimate of drug-likeness (QED) is 0.267. The molecule has 46 heavy (non-hydrogen) atoms. The van der Waals surface area contributed by atoms with Crippen LogP contribution in [0.2, 0.25) is 0 Å². The number of alkyl halides is 2. The number of phenolic OH excluding ortho intramolecular Hbond substituents is 1. The van der Waals surface area contributed by atoms with E-state index in [4.69, 9.17) is 27.9 Å². The molecule has 3 saturated heterocycles. The van der Waals surface area contributed by atoms with Crippen LogP contribution >= 0.6 is 39.1 Å². The molecule has 1 N–H and O–H groups in total. The van der Waals surface area contributed by atoms with Gasteiger partial charge in [-0.2, -0.15) is 0 Å². The first-order valence-corrected chi connectivity index (χ1v) is 17.1. The number of carbonyl (C=O) groups is 4. The Bertz CT molecular complexity index is 1680. The molecule has 12 heteroatoms. The number of aromatic hydroxyl groups is 1. The van der Waals surface area contributed by atoms with E-state index in [2.05, 4.69) is 33.0 Å². The van der Waals surface area contributed by atoms with Gasteiger partial charge in [0.1, 0.15) is 0 Å². The van der Waals surface area contributed by atoms with Gasteiger partial charge >= 0.3 is 0 Å². The molecule has 0 bridgehead atoms. The molecule has 2 aromatic rings. The van der Waals surface area contributed by atoms with E-state index in [1.54, 1.807) is 12.1 Å². The van der Waals surface area contributed by atoms with Crippen LogP contribution in [-0.2, 0) is 25.7 Å². The van der Waals surface area contributed by atoms with E-state index >= 15 is 0 Å². The predicted molar refractivity (Wildman–Crippen MR) is 174 cm³/mol. The Morgan fingerprint density at radius 3 is 2.37 bits per heavy atom. The second-order valence-electron chi connectivity index (χ2n) is 13.1. The minimum Gasteiger partial charge on any atom is -0.503 e.